The van der Waals surface area contributed by atoms with Gasteiger partial charge in [-0.05, 0) is 30.3 Å². The molecule has 2 heterocycles. The van der Waals surface area contributed by atoms with E-state index in [0.29, 0.717) is 32.2 Å². The number of amides is 1. The lowest BCUT2D eigenvalue weighted by molar-refractivity contribution is -0.118. The molecular weight excluding hydrogens is 334 g/mol. The zero-order valence-corrected chi connectivity index (χ0v) is 14.8. The third-order valence-electron chi connectivity index (χ3n) is 4.13. The molecule has 26 heavy (non-hydrogen) atoms. The van der Waals surface area contributed by atoms with Crippen LogP contribution in [0.15, 0.2) is 36.5 Å². The number of piperazine rings is 1. The summed E-state index contributed by atoms with van der Waals surface area (Å²) in [5.41, 5.74) is 0. The highest BCUT2D eigenvalue weighted by Crippen LogP contribution is 2.17. The smallest absolute Gasteiger partial charge is 0.227 e. The van der Waals surface area contributed by atoms with E-state index in [9.17, 15) is 4.79 Å². The lowest BCUT2D eigenvalue weighted by atomic mass is 10.3. The van der Waals surface area contributed by atoms with Gasteiger partial charge in [-0.3, -0.25) is 4.79 Å². The molecule has 0 saturated carbocycles. The normalized spacial score (nSPS) is 14.0. The molecule has 2 aromatic rings. The Kier molecular flexibility index (Phi) is 6.08. The first-order chi connectivity index (χ1) is 12.8. The highest BCUT2D eigenvalue weighted by Gasteiger charge is 2.17. The second kappa shape index (κ2) is 8.89. The molecule has 8 heteroatoms. The van der Waals surface area contributed by atoms with E-state index in [1.807, 2.05) is 30.3 Å². The lowest BCUT2D eigenvalue weighted by Crippen LogP contribution is -2.46. The van der Waals surface area contributed by atoms with Gasteiger partial charge in [-0.15, -0.1) is 0 Å². The summed E-state index contributed by atoms with van der Waals surface area (Å²) in [6, 6.07) is 9.31. The van der Waals surface area contributed by atoms with E-state index < -0.39 is 0 Å². The number of carbonyl (C=O) groups is 1. The van der Waals surface area contributed by atoms with Crippen LogP contribution in [0.4, 0.5) is 11.8 Å². The molecule has 3 rings (SSSR count). The Labute approximate surface area is 152 Å². The summed E-state index contributed by atoms with van der Waals surface area (Å²) in [7, 11) is 1.64. The van der Waals surface area contributed by atoms with Gasteiger partial charge in [0.15, 0.2) is 0 Å². The molecule has 0 bridgehead atoms. The Hall–Kier alpha value is -3.03. The van der Waals surface area contributed by atoms with Crippen LogP contribution in [-0.2, 0) is 4.79 Å². The molecular formula is C18H23N5O3. The van der Waals surface area contributed by atoms with Gasteiger partial charge in [0, 0.05) is 32.4 Å². The monoisotopic (exact) mass is 357 g/mol. The van der Waals surface area contributed by atoms with Crippen molar-refractivity contribution in [3.63, 3.8) is 0 Å². The molecule has 1 amide bonds. The molecule has 0 aliphatic carbocycles. The van der Waals surface area contributed by atoms with Crippen LogP contribution in [-0.4, -0.2) is 67.7 Å². The predicted molar refractivity (Wildman–Crippen MR) is 98.9 cm³/mol. The molecule has 8 nitrogen and oxygen atoms in total. The van der Waals surface area contributed by atoms with Crippen molar-refractivity contribution in [2.75, 3.05) is 56.7 Å². The Bertz CT molecular complexity index is 702. The number of rotatable bonds is 8. The quantitative estimate of drug-likeness (QED) is 0.563. The summed E-state index contributed by atoms with van der Waals surface area (Å²) in [4.78, 5) is 23.5. The summed E-state index contributed by atoms with van der Waals surface area (Å²) >= 11 is 0. The van der Waals surface area contributed by atoms with E-state index >= 15 is 0 Å². The maximum atomic E-state index is 10.8. The Morgan fingerprint density at radius 1 is 1.12 bits per heavy atom. The molecule has 0 spiro atoms. The maximum absolute atomic E-state index is 10.8. The highest BCUT2D eigenvalue weighted by molar-refractivity contribution is 5.49. The Morgan fingerprint density at radius 3 is 2.54 bits per heavy atom. The number of carbonyl (C=O) groups excluding carboxylic acids is 1. The summed E-state index contributed by atoms with van der Waals surface area (Å²) in [5.74, 6) is 3.03. The van der Waals surface area contributed by atoms with Gasteiger partial charge >= 0.3 is 0 Å². The molecule has 1 aromatic heterocycles. The minimum absolute atomic E-state index is 0.518. The molecule has 1 saturated heterocycles. The summed E-state index contributed by atoms with van der Waals surface area (Å²) in [5, 5.41) is 3.24. The van der Waals surface area contributed by atoms with Crippen molar-refractivity contribution >= 4 is 18.2 Å². The van der Waals surface area contributed by atoms with Crippen molar-refractivity contribution in [3.8, 4) is 11.5 Å². The molecule has 1 fully saturated rings. The van der Waals surface area contributed by atoms with Crippen molar-refractivity contribution in [1.29, 1.82) is 0 Å². The predicted octanol–water partition coefficient (Wildman–Crippen LogP) is 1.25. The number of hydrogen-bond acceptors (Lipinski definition) is 7. The van der Waals surface area contributed by atoms with Crippen LogP contribution in [0.25, 0.3) is 0 Å². The number of nitrogens with zero attached hydrogens (tertiary/aromatic N) is 4. The van der Waals surface area contributed by atoms with E-state index in [2.05, 4.69) is 20.2 Å². The van der Waals surface area contributed by atoms with Gasteiger partial charge in [-0.1, -0.05) is 0 Å². The van der Waals surface area contributed by atoms with Crippen molar-refractivity contribution < 1.29 is 14.3 Å². The number of benzene rings is 1. The SMILES string of the molecule is COc1ccc(OCCNc2ccnc(N3CCN(C=O)CC3)n2)cc1. The first kappa shape index (κ1) is 17.8. The van der Waals surface area contributed by atoms with Gasteiger partial charge in [0.1, 0.15) is 23.9 Å². The standard InChI is InChI=1S/C18H23N5O3/c1-25-15-2-4-16(5-3-15)26-13-8-19-17-6-7-20-18(21-17)23-11-9-22(14-24)10-12-23/h2-7,14H,8-13H2,1H3,(H,19,20,21). The van der Waals surface area contributed by atoms with E-state index in [-0.39, 0.29) is 0 Å². The lowest BCUT2D eigenvalue weighted by Gasteiger charge is -2.32. The molecule has 1 N–H and O–H groups in total. The first-order valence-corrected chi connectivity index (χ1v) is 8.56. The number of aromatic nitrogens is 2. The number of nitrogens with one attached hydrogen (secondary N) is 1. The van der Waals surface area contributed by atoms with Gasteiger partial charge in [-0.25, -0.2) is 4.98 Å². The van der Waals surface area contributed by atoms with Crippen LogP contribution in [0.2, 0.25) is 0 Å². The number of ether oxygens (including phenoxy) is 2. The minimum atomic E-state index is 0.518. The summed E-state index contributed by atoms with van der Waals surface area (Å²) < 4.78 is 10.8. The second-order valence-corrected chi connectivity index (χ2v) is 5.82. The van der Waals surface area contributed by atoms with Crippen molar-refractivity contribution in [3.05, 3.63) is 36.5 Å². The van der Waals surface area contributed by atoms with Crippen LogP contribution in [0, 0.1) is 0 Å². The molecule has 0 radical (unpaired) electrons. The zero-order chi connectivity index (χ0) is 18.2. The number of hydrogen-bond donors (Lipinski definition) is 1. The van der Waals surface area contributed by atoms with Gasteiger partial charge in [0.25, 0.3) is 0 Å². The fourth-order valence-corrected chi connectivity index (χ4v) is 2.65. The third-order valence-corrected chi connectivity index (χ3v) is 4.13. The maximum Gasteiger partial charge on any atom is 0.227 e. The van der Waals surface area contributed by atoms with Crippen molar-refractivity contribution in [2.24, 2.45) is 0 Å². The first-order valence-electron chi connectivity index (χ1n) is 8.56. The molecule has 0 unspecified atom stereocenters. The molecule has 1 aromatic carbocycles. The average Bonchev–Trinajstić information content (AvgIpc) is 2.72. The summed E-state index contributed by atoms with van der Waals surface area (Å²) in [6.07, 6.45) is 2.63. The average molecular weight is 357 g/mol. The number of methoxy groups -OCH3 is 1. The van der Waals surface area contributed by atoms with E-state index in [0.717, 1.165) is 36.8 Å². The van der Waals surface area contributed by atoms with Crippen LogP contribution < -0.4 is 19.7 Å². The van der Waals surface area contributed by atoms with Crippen LogP contribution in [0.3, 0.4) is 0 Å². The summed E-state index contributed by atoms with van der Waals surface area (Å²) in [6.45, 7) is 4.01. The zero-order valence-electron chi connectivity index (χ0n) is 14.8. The van der Waals surface area contributed by atoms with Gasteiger partial charge in [0.2, 0.25) is 12.4 Å². The van der Waals surface area contributed by atoms with Crippen molar-refractivity contribution in [2.45, 2.75) is 0 Å². The molecule has 1 aliphatic rings. The van der Waals surface area contributed by atoms with Gasteiger partial charge in [0.05, 0.1) is 13.7 Å². The van der Waals surface area contributed by atoms with Crippen molar-refractivity contribution in [1.82, 2.24) is 14.9 Å². The highest BCUT2D eigenvalue weighted by atomic mass is 16.5. The van der Waals surface area contributed by atoms with E-state index in [1.54, 1.807) is 18.2 Å². The molecule has 1 aliphatic heterocycles. The largest absolute Gasteiger partial charge is 0.497 e. The topological polar surface area (TPSA) is 79.8 Å². The Morgan fingerprint density at radius 2 is 1.85 bits per heavy atom. The van der Waals surface area contributed by atoms with Crippen LogP contribution in [0.1, 0.15) is 0 Å². The number of anilines is 2. The van der Waals surface area contributed by atoms with Gasteiger partial charge in [-0.2, -0.15) is 4.98 Å². The molecule has 138 valence electrons. The second-order valence-electron chi connectivity index (χ2n) is 5.82. The minimum Gasteiger partial charge on any atom is -0.497 e. The van der Waals surface area contributed by atoms with Gasteiger partial charge < -0.3 is 24.6 Å². The van der Waals surface area contributed by atoms with Crippen LogP contribution in [0.5, 0.6) is 11.5 Å². The Balaban J connectivity index is 1.45. The third kappa shape index (κ3) is 4.75. The van der Waals surface area contributed by atoms with E-state index in [1.165, 1.54) is 0 Å². The fourth-order valence-electron chi connectivity index (χ4n) is 2.65. The fraction of sp³-hybridized carbons (Fsp3) is 0.389. The van der Waals surface area contributed by atoms with E-state index in [4.69, 9.17) is 9.47 Å². The molecule has 0 atom stereocenters. The van der Waals surface area contributed by atoms with Crippen LogP contribution >= 0.6 is 0 Å².